The molecule has 2 aliphatic heterocycles. The first-order valence-corrected chi connectivity index (χ1v) is 29.0. The van der Waals surface area contributed by atoms with E-state index in [-0.39, 0.29) is 0 Å². The summed E-state index contributed by atoms with van der Waals surface area (Å²) in [5, 5.41) is 2.34. The Morgan fingerprint density at radius 3 is 0.829 bits per heavy atom. The number of hydrogen-bond acceptors (Lipinski definition) is 6. The third kappa shape index (κ3) is 6.95. The van der Waals surface area contributed by atoms with Crippen molar-refractivity contribution < 1.29 is 0 Å². The Bertz CT molecular complexity index is 3700. The SMILES string of the molecule is c1ccc(-c2ccc(N(c3ccccc3)c3cc4c(s3)C3(c5ccccc5Sc5ccccc53)c3cc(N(c5ccccc5)c5ccc(-c6ccccc6)cc5)sc3C43c4ccccc4Sc4ccccc43)cc2)cc1. The molecular weight excluding hydrogens is 997 g/mol. The van der Waals surface area contributed by atoms with Crippen molar-refractivity contribution in [2.45, 2.75) is 30.4 Å². The molecule has 3 aliphatic rings. The lowest BCUT2D eigenvalue weighted by atomic mass is 9.55. The maximum Gasteiger partial charge on any atom is 0.101 e. The molecule has 0 bridgehead atoms. The molecule has 0 unspecified atom stereocenters. The number of nitrogens with zero attached hydrogens (tertiary/aromatic N) is 2. The van der Waals surface area contributed by atoms with Crippen molar-refractivity contribution in [2.75, 3.05) is 9.80 Å². The first-order valence-electron chi connectivity index (χ1n) is 25.7. The lowest BCUT2D eigenvalue weighted by molar-refractivity contribution is 0.609. The fourth-order valence-electron chi connectivity index (χ4n) is 12.2. The molecule has 2 aromatic heterocycles. The number of anilines is 6. The molecule has 0 N–H and O–H groups in total. The van der Waals surface area contributed by atoms with Crippen molar-refractivity contribution in [3.05, 3.63) is 322 Å². The van der Waals surface area contributed by atoms with E-state index in [1.807, 2.05) is 46.2 Å². The van der Waals surface area contributed by atoms with Crippen LogP contribution in [0.15, 0.2) is 299 Å². The van der Waals surface area contributed by atoms with Gasteiger partial charge in [0, 0.05) is 52.1 Å². The summed E-state index contributed by atoms with van der Waals surface area (Å²) in [6, 6.07) is 104. The summed E-state index contributed by atoms with van der Waals surface area (Å²) in [7, 11) is 0. The summed E-state index contributed by atoms with van der Waals surface area (Å²) in [5.41, 5.74) is 15.8. The van der Waals surface area contributed by atoms with E-state index in [0.29, 0.717) is 0 Å². The Morgan fingerprint density at radius 1 is 0.237 bits per heavy atom. The number of benzene rings is 10. The van der Waals surface area contributed by atoms with Gasteiger partial charge in [-0.2, -0.15) is 0 Å². The highest BCUT2D eigenvalue weighted by Crippen LogP contribution is 2.71. The number of fused-ring (bicyclic) bond motifs is 14. The van der Waals surface area contributed by atoms with E-state index in [2.05, 4.69) is 289 Å². The Hall–Kier alpha value is -8.10. The van der Waals surface area contributed by atoms with E-state index in [9.17, 15) is 0 Å². The van der Waals surface area contributed by atoms with Crippen molar-refractivity contribution in [3.8, 4) is 22.3 Å². The van der Waals surface area contributed by atoms with Gasteiger partial charge < -0.3 is 9.80 Å². The van der Waals surface area contributed by atoms with Crippen molar-refractivity contribution in [1.29, 1.82) is 0 Å². The van der Waals surface area contributed by atoms with E-state index in [4.69, 9.17) is 0 Å². The summed E-state index contributed by atoms with van der Waals surface area (Å²) in [6.07, 6.45) is 0. The Labute approximate surface area is 460 Å². The van der Waals surface area contributed by atoms with Gasteiger partial charge in [0.2, 0.25) is 0 Å². The second-order valence-electron chi connectivity index (χ2n) is 19.5. The lowest BCUT2D eigenvalue weighted by Gasteiger charge is -2.51. The summed E-state index contributed by atoms with van der Waals surface area (Å²) in [5.74, 6) is 0. The van der Waals surface area contributed by atoms with Gasteiger partial charge in [0.1, 0.15) is 10.0 Å². The van der Waals surface area contributed by atoms with Crippen LogP contribution in [0.2, 0.25) is 0 Å². The number of thiophene rings is 2. The molecule has 12 aromatic rings. The van der Waals surface area contributed by atoms with Crippen molar-refractivity contribution in [2.24, 2.45) is 0 Å². The third-order valence-electron chi connectivity index (χ3n) is 15.5. The number of rotatable bonds is 8. The zero-order valence-electron chi connectivity index (χ0n) is 41.1. The van der Waals surface area contributed by atoms with Gasteiger partial charge in [0.05, 0.1) is 10.8 Å². The topological polar surface area (TPSA) is 6.48 Å². The van der Waals surface area contributed by atoms with Crippen molar-refractivity contribution in [3.63, 3.8) is 0 Å². The van der Waals surface area contributed by atoms with Crippen LogP contribution in [0.5, 0.6) is 0 Å². The summed E-state index contributed by atoms with van der Waals surface area (Å²) >= 11 is 7.72. The van der Waals surface area contributed by atoms with Gasteiger partial charge in [-0.05, 0) is 141 Å². The second-order valence-corrected chi connectivity index (χ2v) is 23.7. The number of hydrogen-bond donors (Lipinski definition) is 0. The quantitative estimate of drug-likeness (QED) is 0.150. The summed E-state index contributed by atoms with van der Waals surface area (Å²) in [4.78, 5) is 12.8. The molecule has 360 valence electrons. The first-order chi connectivity index (χ1) is 37.7. The highest BCUT2D eigenvalue weighted by molar-refractivity contribution is 7.99. The lowest BCUT2D eigenvalue weighted by Crippen LogP contribution is -2.45. The maximum absolute atomic E-state index is 2.59. The second kappa shape index (κ2) is 18.3. The normalized spacial score (nSPS) is 13.9. The van der Waals surface area contributed by atoms with Crippen molar-refractivity contribution >= 4 is 78.9 Å². The molecule has 6 heteroatoms. The molecule has 0 saturated carbocycles. The Balaban J connectivity index is 1.06. The van der Waals surface area contributed by atoms with Crippen LogP contribution in [-0.2, 0) is 10.8 Å². The average Bonchev–Trinajstić information content (AvgIpc) is 4.26. The minimum atomic E-state index is -0.695. The first kappa shape index (κ1) is 45.3. The highest BCUT2D eigenvalue weighted by Gasteiger charge is 2.60. The summed E-state index contributed by atoms with van der Waals surface area (Å²) < 4.78 is 0. The Morgan fingerprint density at radius 2 is 0.500 bits per heavy atom. The zero-order chi connectivity index (χ0) is 50.2. The van der Waals surface area contributed by atoms with Gasteiger partial charge in [-0.1, -0.05) is 218 Å². The molecule has 76 heavy (non-hydrogen) atoms. The van der Waals surface area contributed by atoms with E-state index < -0.39 is 10.8 Å². The maximum atomic E-state index is 2.59. The molecule has 0 fully saturated rings. The molecule has 0 amide bonds. The van der Waals surface area contributed by atoms with Crippen LogP contribution in [-0.4, -0.2) is 0 Å². The largest absolute Gasteiger partial charge is 0.302 e. The molecule has 10 aromatic carbocycles. The van der Waals surface area contributed by atoms with Gasteiger partial charge in [0.25, 0.3) is 0 Å². The minimum absolute atomic E-state index is 0.695. The average molecular weight is 1040 g/mol. The van der Waals surface area contributed by atoms with Crippen LogP contribution in [0.3, 0.4) is 0 Å². The van der Waals surface area contributed by atoms with Crippen LogP contribution in [0, 0.1) is 0 Å². The summed E-state index contributed by atoms with van der Waals surface area (Å²) in [6.45, 7) is 0. The van der Waals surface area contributed by atoms with E-state index in [1.54, 1.807) is 0 Å². The predicted molar refractivity (Wildman–Crippen MR) is 321 cm³/mol. The van der Waals surface area contributed by atoms with Gasteiger partial charge in [0.15, 0.2) is 0 Å². The van der Waals surface area contributed by atoms with Crippen LogP contribution >= 0.6 is 46.2 Å². The van der Waals surface area contributed by atoms with Crippen LogP contribution < -0.4 is 9.80 Å². The molecule has 0 atom stereocenters. The van der Waals surface area contributed by atoms with Crippen LogP contribution in [0.1, 0.15) is 43.1 Å². The van der Waals surface area contributed by atoms with Crippen LogP contribution in [0.4, 0.5) is 32.8 Å². The van der Waals surface area contributed by atoms with Crippen molar-refractivity contribution in [1.82, 2.24) is 0 Å². The van der Waals surface area contributed by atoms with Gasteiger partial charge >= 0.3 is 0 Å². The van der Waals surface area contributed by atoms with Crippen LogP contribution in [0.25, 0.3) is 22.3 Å². The molecule has 2 spiro atoms. The molecule has 2 nitrogen and oxygen atoms in total. The fraction of sp³-hybridized carbons (Fsp3) is 0.0286. The smallest absolute Gasteiger partial charge is 0.101 e. The monoisotopic (exact) mass is 1040 g/mol. The molecule has 1 aliphatic carbocycles. The van der Waals surface area contributed by atoms with Gasteiger partial charge in [-0.15, -0.1) is 22.7 Å². The Kier molecular flexibility index (Phi) is 10.9. The molecule has 15 rings (SSSR count). The zero-order valence-corrected chi connectivity index (χ0v) is 44.4. The minimum Gasteiger partial charge on any atom is -0.302 e. The van der Waals surface area contributed by atoms with E-state index >= 15 is 0 Å². The standard InChI is InChI=1S/C70H46N2S4/c1-5-21-47(22-6-1)49-37-41-53(42-38-49)71(51-25-9-3-10-26-51)65-45-59-67(75-65)70(57-31-15-19-35-63(57)74-64-36-20-16-32-58(64)70)60-46-66(76-68(60)69(59)55-29-13-17-33-61(55)73-62-34-18-14-30-56(62)69)72(52-27-11-4-12-28-52)54-43-39-50(40-44-54)48-23-7-2-8-24-48/h1-46H. The fourth-order valence-corrected chi connectivity index (χ4v) is 17.6. The highest BCUT2D eigenvalue weighted by atomic mass is 32.2. The van der Waals surface area contributed by atoms with E-state index in [0.717, 1.165) is 22.7 Å². The van der Waals surface area contributed by atoms with E-state index in [1.165, 1.54) is 95.0 Å². The van der Waals surface area contributed by atoms with Gasteiger partial charge in [-0.25, -0.2) is 0 Å². The van der Waals surface area contributed by atoms with Gasteiger partial charge in [-0.3, -0.25) is 0 Å². The molecular formula is C70H46N2S4. The molecule has 0 radical (unpaired) electrons. The molecule has 4 heterocycles. The number of para-hydroxylation sites is 2. The molecule has 0 saturated heterocycles. The third-order valence-corrected chi connectivity index (χ3v) is 20.2. The predicted octanol–water partition coefficient (Wildman–Crippen LogP) is 20.1.